The zero-order chi connectivity index (χ0) is 14.7. The molecule has 0 saturated carbocycles. The van der Waals surface area contributed by atoms with E-state index in [9.17, 15) is 9.90 Å². The van der Waals surface area contributed by atoms with Crippen LogP contribution in [0.4, 0.5) is 0 Å². The Balaban J connectivity index is 1.97. The predicted molar refractivity (Wildman–Crippen MR) is 79.2 cm³/mol. The zero-order valence-electron chi connectivity index (χ0n) is 11.3. The van der Waals surface area contributed by atoms with Gasteiger partial charge in [0, 0.05) is 31.1 Å². The number of thiophene rings is 1. The monoisotopic (exact) mass is 313 g/mol. The molecule has 1 unspecified atom stereocenters. The van der Waals surface area contributed by atoms with Crippen LogP contribution in [0.2, 0.25) is 4.34 Å². The van der Waals surface area contributed by atoms with Crippen LogP contribution in [-0.2, 0) is 24.8 Å². The molecule has 0 fully saturated rings. The minimum absolute atomic E-state index is 0.404. The summed E-state index contributed by atoms with van der Waals surface area (Å²) in [5.74, 6) is -0.867. The number of nitrogens with zero attached hydrogens (tertiary/aromatic N) is 2. The third kappa shape index (κ3) is 3.82. The summed E-state index contributed by atoms with van der Waals surface area (Å²) < 4.78 is 2.41. The molecule has 2 heterocycles. The average Bonchev–Trinajstić information content (AvgIpc) is 2.91. The van der Waals surface area contributed by atoms with Gasteiger partial charge in [0.1, 0.15) is 6.04 Å². The Bertz CT molecular complexity index is 589. The number of hydrogen-bond acceptors (Lipinski definition) is 4. The van der Waals surface area contributed by atoms with Crippen LogP contribution in [0.5, 0.6) is 0 Å². The summed E-state index contributed by atoms with van der Waals surface area (Å²) in [6.45, 7) is 2.43. The number of aromatic nitrogens is 2. The van der Waals surface area contributed by atoms with Gasteiger partial charge < -0.3 is 5.11 Å². The maximum absolute atomic E-state index is 11.3. The molecular weight excluding hydrogens is 298 g/mol. The SMILES string of the molecule is Cc1cc(CNC(Cc2cnn(C)c2)C(=O)O)sc1Cl. The van der Waals surface area contributed by atoms with Gasteiger partial charge in [0.25, 0.3) is 0 Å². The number of halogens is 1. The van der Waals surface area contributed by atoms with Crippen LogP contribution < -0.4 is 5.32 Å². The topological polar surface area (TPSA) is 67.2 Å². The van der Waals surface area contributed by atoms with E-state index in [-0.39, 0.29) is 0 Å². The highest BCUT2D eigenvalue weighted by molar-refractivity contribution is 7.16. The zero-order valence-corrected chi connectivity index (χ0v) is 12.8. The maximum atomic E-state index is 11.3. The normalized spacial score (nSPS) is 12.6. The van der Waals surface area contributed by atoms with Crippen LogP contribution >= 0.6 is 22.9 Å². The Morgan fingerprint density at radius 3 is 2.90 bits per heavy atom. The number of carbonyl (C=O) groups is 1. The lowest BCUT2D eigenvalue weighted by molar-refractivity contribution is -0.139. The van der Waals surface area contributed by atoms with E-state index in [1.54, 1.807) is 10.9 Å². The fourth-order valence-corrected chi connectivity index (χ4v) is 3.09. The molecule has 0 spiro atoms. The van der Waals surface area contributed by atoms with E-state index in [0.29, 0.717) is 13.0 Å². The van der Waals surface area contributed by atoms with Crippen molar-refractivity contribution in [3.05, 3.63) is 38.8 Å². The molecule has 0 aromatic carbocycles. The van der Waals surface area contributed by atoms with Gasteiger partial charge in [-0.15, -0.1) is 11.3 Å². The van der Waals surface area contributed by atoms with Crippen LogP contribution in [0.15, 0.2) is 18.5 Å². The van der Waals surface area contributed by atoms with Gasteiger partial charge in [-0.1, -0.05) is 11.6 Å². The van der Waals surface area contributed by atoms with E-state index < -0.39 is 12.0 Å². The Morgan fingerprint density at radius 2 is 2.40 bits per heavy atom. The van der Waals surface area contributed by atoms with E-state index in [1.807, 2.05) is 26.2 Å². The van der Waals surface area contributed by atoms with Gasteiger partial charge in [-0.3, -0.25) is 14.8 Å². The molecule has 20 heavy (non-hydrogen) atoms. The van der Waals surface area contributed by atoms with Crippen LogP contribution in [0, 0.1) is 6.92 Å². The maximum Gasteiger partial charge on any atom is 0.321 e. The Morgan fingerprint density at radius 1 is 1.65 bits per heavy atom. The first-order valence-electron chi connectivity index (χ1n) is 6.14. The second-order valence-corrected chi connectivity index (χ2v) is 6.41. The van der Waals surface area contributed by atoms with E-state index in [0.717, 1.165) is 20.3 Å². The highest BCUT2D eigenvalue weighted by Gasteiger charge is 2.18. The lowest BCUT2D eigenvalue weighted by Crippen LogP contribution is -2.37. The van der Waals surface area contributed by atoms with Crippen LogP contribution in [0.25, 0.3) is 0 Å². The number of nitrogens with one attached hydrogen (secondary N) is 1. The van der Waals surface area contributed by atoms with Crippen LogP contribution in [0.3, 0.4) is 0 Å². The summed E-state index contributed by atoms with van der Waals surface area (Å²) in [5.41, 5.74) is 1.92. The Labute approximate surface area is 126 Å². The first kappa shape index (κ1) is 15.0. The van der Waals surface area contributed by atoms with Crippen molar-refractivity contribution >= 4 is 28.9 Å². The molecule has 0 radical (unpaired) electrons. The van der Waals surface area contributed by atoms with Crippen molar-refractivity contribution in [2.24, 2.45) is 7.05 Å². The third-order valence-electron chi connectivity index (χ3n) is 2.93. The molecule has 0 amide bonds. The van der Waals surface area contributed by atoms with Crippen molar-refractivity contribution in [2.75, 3.05) is 0 Å². The Kier molecular flexibility index (Phi) is 4.80. The quantitative estimate of drug-likeness (QED) is 0.858. The Hall–Kier alpha value is -1.37. The summed E-state index contributed by atoms with van der Waals surface area (Å²) in [7, 11) is 1.81. The molecule has 7 heteroatoms. The second-order valence-electron chi connectivity index (χ2n) is 4.67. The first-order chi connectivity index (χ1) is 9.45. The molecule has 2 aromatic heterocycles. The average molecular weight is 314 g/mol. The van der Waals surface area contributed by atoms with Crippen LogP contribution in [0.1, 0.15) is 16.0 Å². The lowest BCUT2D eigenvalue weighted by Gasteiger charge is -2.12. The molecule has 0 aliphatic carbocycles. The molecular formula is C13H16ClN3O2S. The summed E-state index contributed by atoms with van der Waals surface area (Å²) in [5, 5.41) is 16.4. The number of rotatable bonds is 6. The lowest BCUT2D eigenvalue weighted by atomic mass is 10.1. The first-order valence-corrected chi connectivity index (χ1v) is 7.33. The molecule has 0 saturated heterocycles. The van der Waals surface area contributed by atoms with Crippen molar-refractivity contribution in [1.82, 2.24) is 15.1 Å². The highest BCUT2D eigenvalue weighted by Crippen LogP contribution is 2.26. The fourth-order valence-electron chi connectivity index (χ4n) is 1.89. The molecule has 0 bridgehead atoms. The molecule has 2 N–H and O–H groups in total. The smallest absolute Gasteiger partial charge is 0.321 e. The molecule has 0 aliphatic heterocycles. The van der Waals surface area contributed by atoms with E-state index in [4.69, 9.17) is 11.6 Å². The third-order valence-corrected chi connectivity index (χ3v) is 4.48. The molecule has 5 nitrogen and oxygen atoms in total. The number of carboxylic acids is 1. The standard InChI is InChI=1S/C13H16ClN3O2S/c1-8-3-10(20-12(8)14)6-15-11(13(18)19)4-9-5-16-17(2)7-9/h3,5,7,11,15H,4,6H2,1-2H3,(H,18,19). The van der Waals surface area contributed by atoms with E-state index in [2.05, 4.69) is 10.4 Å². The number of aliphatic carboxylic acids is 1. The molecule has 108 valence electrons. The van der Waals surface area contributed by atoms with Crippen molar-refractivity contribution in [3.63, 3.8) is 0 Å². The number of aryl methyl sites for hydroxylation is 2. The van der Waals surface area contributed by atoms with Gasteiger partial charge in [-0.05, 0) is 24.1 Å². The van der Waals surface area contributed by atoms with Crippen molar-refractivity contribution in [3.8, 4) is 0 Å². The fraction of sp³-hybridized carbons (Fsp3) is 0.385. The highest BCUT2D eigenvalue weighted by atomic mass is 35.5. The van der Waals surface area contributed by atoms with Crippen molar-refractivity contribution in [1.29, 1.82) is 0 Å². The summed E-state index contributed by atoms with van der Waals surface area (Å²) in [6, 6.07) is 1.34. The van der Waals surface area contributed by atoms with E-state index >= 15 is 0 Å². The predicted octanol–water partition coefficient (Wildman–Crippen LogP) is 2.23. The summed E-state index contributed by atoms with van der Waals surface area (Å²) in [6.07, 6.45) is 3.91. The van der Waals surface area contributed by atoms with Crippen LogP contribution in [-0.4, -0.2) is 26.9 Å². The van der Waals surface area contributed by atoms with Gasteiger partial charge in [-0.25, -0.2) is 0 Å². The number of hydrogen-bond donors (Lipinski definition) is 2. The summed E-state index contributed by atoms with van der Waals surface area (Å²) in [4.78, 5) is 12.3. The van der Waals surface area contributed by atoms with Gasteiger partial charge >= 0.3 is 5.97 Å². The van der Waals surface area contributed by atoms with Gasteiger partial charge in [0.05, 0.1) is 10.5 Å². The minimum Gasteiger partial charge on any atom is -0.480 e. The van der Waals surface area contributed by atoms with E-state index in [1.165, 1.54) is 11.3 Å². The van der Waals surface area contributed by atoms with Gasteiger partial charge in [0.15, 0.2) is 0 Å². The number of carboxylic acid groups (broad SMARTS) is 1. The van der Waals surface area contributed by atoms with Crippen molar-refractivity contribution < 1.29 is 9.90 Å². The molecule has 2 aromatic rings. The van der Waals surface area contributed by atoms with Crippen molar-refractivity contribution in [2.45, 2.75) is 25.9 Å². The molecule has 1 atom stereocenters. The van der Waals surface area contributed by atoms with Gasteiger partial charge in [0.2, 0.25) is 0 Å². The largest absolute Gasteiger partial charge is 0.480 e. The minimum atomic E-state index is -0.867. The second kappa shape index (κ2) is 6.39. The summed E-state index contributed by atoms with van der Waals surface area (Å²) >= 11 is 7.48. The molecule has 0 aliphatic rings. The van der Waals surface area contributed by atoms with Gasteiger partial charge in [-0.2, -0.15) is 5.10 Å². The molecule has 2 rings (SSSR count).